The summed E-state index contributed by atoms with van der Waals surface area (Å²) in [6, 6.07) is 13.2. The maximum Gasteiger partial charge on any atom is 0.341 e. The fourth-order valence-electron chi connectivity index (χ4n) is 3.32. The second-order valence-electron chi connectivity index (χ2n) is 7.07. The molecule has 29 heavy (non-hydrogen) atoms. The zero-order chi connectivity index (χ0) is 21.0. The molecule has 0 N–H and O–H groups in total. The summed E-state index contributed by atoms with van der Waals surface area (Å²) < 4.78 is 48.2. The number of sulfone groups is 1. The molecule has 1 amide bonds. The van der Waals surface area contributed by atoms with Gasteiger partial charge in [0, 0.05) is 38.3 Å². The Balaban J connectivity index is 1.55. The zero-order valence-corrected chi connectivity index (χ0v) is 17.0. The van der Waals surface area contributed by atoms with Crippen molar-refractivity contribution in [2.45, 2.75) is 30.5 Å². The lowest BCUT2D eigenvalue weighted by Crippen LogP contribution is -2.48. The van der Waals surface area contributed by atoms with Crippen LogP contribution in [0.5, 0.6) is 0 Å². The van der Waals surface area contributed by atoms with E-state index < -0.39 is 15.6 Å². The van der Waals surface area contributed by atoms with Crippen LogP contribution in [0, 0.1) is 0 Å². The van der Waals surface area contributed by atoms with Gasteiger partial charge < -0.3 is 4.90 Å². The van der Waals surface area contributed by atoms with Crippen LogP contribution in [0.15, 0.2) is 53.4 Å². The number of carbonyl (C=O) groups is 1. The summed E-state index contributed by atoms with van der Waals surface area (Å²) >= 11 is 0. The van der Waals surface area contributed by atoms with Gasteiger partial charge in [-0.3, -0.25) is 9.69 Å². The highest BCUT2D eigenvalue weighted by molar-refractivity contribution is 7.91. The van der Waals surface area contributed by atoms with Crippen LogP contribution in [0.1, 0.15) is 28.4 Å². The predicted molar refractivity (Wildman–Crippen MR) is 107 cm³/mol. The molecular formula is C21H24F2N2O3S. The van der Waals surface area contributed by atoms with Crippen LogP contribution in [0.3, 0.4) is 0 Å². The van der Waals surface area contributed by atoms with Crippen molar-refractivity contribution in [2.24, 2.45) is 0 Å². The average Bonchev–Trinajstić information content (AvgIpc) is 2.74. The van der Waals surface area contributed by atoms with E-state index in [0.29, 0.717) is 38.3 Å². The van der Waals surface area contributed by atoms with Gasteiger partial charge in [0.1, 0.15) is 0 Å². The number of benzene rings is 2. The molecule has 5 nitrogen and oxygen atoms in total. The van der Waals surface area contributed by atoms with Crippen molar-refractivity contribution in [3.8, 4) is 0 Å². The number of aryl methyl sites for hydroxylation is 1. The van der Waals surface area contributed by atoms with E-state index in [1.807, 2.05) is 29.2 Å². The largest absolute Gasteiger partial charge is 0.341 e. The molecule has 2 aromatic carbocycles. The maximum absolute atomic E-state index is 12.6. The van der Waals surface area contributed by atoms with Gasteiger partial charge in [0.25, 0.3) is 5.91 Å². The maximum atomic E-state index is 12.6. The predicted octanol–water partition coefficient (Wildman–Crippen LogP) is 3.20. The van der Waals surface area contributed by atoms with E-state index in [0.717, 1.165) is 12.0 Å². The van der Waals surface area contributed by atoms with Crippen LogP contribution >= 0.6 is 0 Å². The van der Waals surface area contributed by atoms with Gasteiger partial charge in [-0.1, -0.05) is 31.2 Å². The quantitative estimate of drug-likeness (QED) is 0.717. The lowest BCUT2D eigenvalue weighted by atomic mass is 10.1. The van der Waals surface area contributed by atoms with E-state index in [1.54, 1.807) is 12.1 Å². The first kappa shape index (κ1) is 21.4. The molecule has 0 saturated carbocycles. The summed E-state index contributed by atoms with van der Waals surface area (Å²) in [4.78, 5) is 16.2. The summed E-state index contributed by atoms with van der Waals surface area (Å²) in [6.07, 6.45) is 0.933. The van der Waals surface area contributed by atoms with Gasteiger partial charge >= 0.3 is 5.76 Å². The van der Waals surface area contributed by atoms with Gasteiger partial charge in [-0.2, -0.15) is 8.78 Å². The molecule has 3 rings (SSSR count). The Hall–Kier alpha value is -2.32. The molecule has 156 valence electrons. The Labute approximate surface area is 169 Å². The van der Waals surface area contributed by atoms with E-state index in [9.17, 15) is 22.0 Å². The van der Waals surface area contributed by atoms with E-state index in [2.05, 4.69) is 11.8 Å². The van der Waals surface area contributed by atoms with Crippen molar-refractivity contribution in [1.82, 2.24) is 9.80 Å². The second-order valence-corrected chi connectivity index (χ2v) is 8.99. The Morgan fingerprint density at radius 2 is 1.48 bits per heavy atom. The van der Waals surface area contributed by atoms with Crippen molar-refractivity contribution >= 4 is 15.7 Å². The van der Waals surface area contributed by atoms with Crippen molar-refractivity contribution in [2.75, 3.05) is 26.2 Å². The van der Waals surface area contributed by atoms with E-state index >= 15 is 0 Å². The minimum absolute atomic E-state index is 0.0221. The lowest BCUT2D eigenvalue weighted by Gasteiger charge is -2.34. The second kappa shape index (κ2) is 9.00. The minimum Gasteiger partial charge on any atom is -0.336 e. The summed E-state index contributed by atoms with van der Waals surface area (Å²) in [5, 5.41) is 0. The monoisotopic (exact) mass is 422 g/mol. The van der Waals surface area contributed by atoms with Crippen LogP contribution in [0.4, 0.5) is 8.78 Å². The van der Waals surface area contributed by atoms with Gasteiger partial charge in [-0.25, -0.2) is 8.42 Å². The van der Waals surface area contributed by atoms with E-state index in [-0.39, 0.29) is 10.8 Å². The Morgan fingerprint density at radius 1 is 0.931 bits per heavy atom. The van der Waals surface area contributed by atoms with Gasteiger partial charge in [-0.15, -0.1) is 0 Å². The number of rotatable bonds is 6. The van der Waals surface area contributed by atoms with Gasteiger partial charge in [0.05, 0.1) is 4.90 Å². The van der Waals surface area contributed by atoms with Crippen LogP contribution in [0.25, 0.3) is 0 Å². The third-order valence-corrected chi connectivity index (χ3v) is 6.56. The number of amides is 1. The van der Waals surface area contributed by atoms with Crippen molar-refractivity contribution < 1.29 is 22.0 Å². The standard InChI is InChI=1S/C21H24F2N2O3S/c1-2-16-3-7-18(8-4-16)20(26)25-13-11-24(12-14-25)15-17-5-9-19(10-6-17)29(27,28)21(22)23/h3-10,21H,2,11-15H2,1H3. The number of carbonyl (C=O) groups excluding carboxylic acids is 1. The van der Waals surface area contributed by atoms with Crippen LogP contribution in [-0.4, -0.2) is 56.1 Å². The molecule has 8 heteroatoms. The molecule has 0 bridgehead atoms. The molecule has 0 spiro atoms. The minimum atomic E-state index is -4.57. The van der Waals surface area contributed by atoms with Gasteiger partial charge in [-0.05, 0) is 41.8 Å². The fourth-order valence-corrected chi connectivity index (χ4v) is 4.04. The van der Waals surface area contributed by atoms with E-state index in [4.69, 9.17) is 0 Å². The number of hydrogen-bond donors (Lipinski definition) is 0. The summed E-state index contributed by atoms with van der Waals surface area (Å²) in [5.74, 6) is -3.40. The molecule has 0 radical (unpaired) electrons. The third kappa shape index (κ3) is 5.00. The highest BCUT2D eigenvalue weighted by atomic mass is 32.2. The van der Waals surface area contributed by atoms with Crippen molar-refractivity contribution in [3.63, 3.8) is 0 Å². The molecule has 0 aliphatic carbocycles. The highest BCUT2D eigenvalue weighted by Crippen LogP contribution is 2.19. The topological polar surface area (TPSA) is 57.7 Å². The first-order valence-corrected chi connectivity index (χ1v) is 11.1. The number of alkyl halides is 2. The van der Waals surface area contributed by atoms with Crippen LogP contribution in [0.2, 0.25) is 0 Å². The third-order valence-electron chi connectivity index (χ3n) is 5.16. The molecule has 2 aromatic rings. The smallest absolute Gasteiger partial charge is 0.336 e. The molecular weight excluding hydrogens is 398 g/mol. The molecule has 0 atom stereocenters. The fraction of sp³-hybridized carbons (Fsp3) is 0.381. The molecule has 1 fully saturated rings. The first-order valence-electron chi connectivity index (χ1n) is 9.53. The lowest BCUT2D eigenvalue weighted by molar-refractivity contribution is 0.0628. The Kier molecular flexibility index (Phi) is 6.64. The average molecular weight is 422 g/mol. The van der Waals surface area contributed by atoms with Gasteiger partial charge in [0.2, 0.25) is 9.84 Å². The summed E-state index contributed by atoms with van der Waals surface area (Å²) in [5.41, 5.74) is 2.72. The SMILES string of the molecule is CCc1ccc(C(=O)N2CCN(Cc3ccc(S(=O)(=O)C(F)F)cc3)CC2)cc1. The molecule has 1 heterocycles. The molecule has 1 aliphatic rings. The molecule has 1 aliphatic heterocycles. The normalized spacial score (nSPS) is 15.7. The van der Waals surface area contributed by atoms with Crippen molar-refractivity contribution in [1.29, 1.82) is 0 Å². The van der Waals surface area contributed by atoms with Crippen molar-refractivity contribution in [3.05, 3.63) is 65.2 Å². The van der Waals surface area contributed by atoms with Crippen LogP contribution < -0.4 is 0 Å². The molecule has 0 unspecified atom stereocenters. The first-order chi connectivity index (χ1) is 13.8. The number of hydrogen-bond acceptors (Lipinski definition) is 4. The van der Waals surface area contributed by atoms with E-state index in [1.165, 1.54) is 17.7 Å². The zero-order valence-electron chi connectivity index (χ0n) is 16.2. The number of nitrogens with zero attached hydrogens (tertiary/aromatic N) is 2. The van der Waals surface area contributed by atoms with Crippen LogP contribution in [-0.2, 0) is 22.8 Å². The Bertz CT molecular complexity index is 937. The highest BCUT2D eigenvalue weighted by Gasteiger charge is 2.26. The number of halogens is 2. The molecule has 0 aromatic heterocycles. The Morgan fingerprint density at radius 3 is 2.00 bits per heavy atom. The molecule has 1 saturated heterocycles. The van der Waals surface area contributed by atoms with Gasteiger partial charge in [0.15, 0.2) is 0 Å². The summed E-state index contributed by atoms with van der Waals surface area (Å²) in [7, 11) is -4.57. The summed E-state index contributed by atoms with van der Waals surface area (Å²) in [6.45, 7) is 5.23. The number of piperazine rings is 1.